The summed E-state index contributed by atoms with van der Waals surface area (Å²) in [5.41, 5.74) is 12.3. The maximum absolute atomic E-state index is 13.0. The first kappa shape index (κ1) is 20.6. The summed E-state index contributed by atoms with van der Waals surface area (Å²) in [7, 11) is 1.94. The molecule has 0 bridgehead atoms. The van der Waals surface area contributed by atoms with E-state index in [1.807, 2.05) is 65.6 Å². The van der Waals surface area contributed by atoms with Crippen LogP contribution in [0.3, 0.4) is 0 Å². The maximum Gasteiger partial charge on any atom is 0.252 e. The summed E-state index contributed by atoms with van der Waals surface area (Å²) >= 11 is 1.57. The molecule has 32 heavy (non-hydrogen) atoms. The van der Waals surface area contributed by atoms with Gasteiger partial charge in [-0.1, -0.05) is 42.5 Å². The van der Waals surface area contributed by atoms with Gasteiger partial charge < -0.3 is 11.1 Å². The van der Waals surface area contributed by atoms with E-state index in [2.05, 4.69) is 21.5 Å². The normalized spacial score (nSPS) is 13.3. The fraction of sp³-hybridized carbons (Fsp3) is 0.240. The number of aryl methyl sites for hydroxylation is 1. The van der Waals surface area contributed by atoms with E-state index in [9.17, 15) is 4.79 Å². The standard InChI is InChI=1S/C25H25N5OS/c1-30-23(12-22(29-30)17-10-11-17)20-4-2-3-5-21(20)24(31)27-14-19-15-32-25(28-19)18-8-6-16(13-26)7-9-18/h2-9,12,15,17H,10-11,13-14,26H2,1H3,(H,27,31). The highest BCUT2D eigenvalue weighted by Gasteiger charge is 2.27. The van der Waals surface area contributed by atoms with E-state index in [0.29, 0.717) is 24.6 Å². The molecule has 2 heterocycles. The predicted molar refractivity (Wildman–Crippen MR) is 127 cm³/mol. The Hall–Kier alpha value is -3.29. The number of amides is 1. The van der Waals surface area contributed by atoms with Crippen molar-refractivity contribution >= 4 is 17.2 Å². The largest absolute Gasteiger partial charge is 0.346 e. The second-order valence-electron chi connectivity index (χ2n) is 8.13. The Morgan fingerprint density at radius 2 is 1.97 bits per heavy atom. The zero-order valence-corrected chi connectivity index (χ0v) is 18.7. The van der Waals surface area contributed by atoms with Gasteiger partial charge in [0.05, 0.1) is 23.6 Å². The average molecular weight is 444 g/mol. The SMILES string of the molecule is Cn1nc(C2CC2)cc1-c1ccccc1C(=O)NCc1csc(-c2ccc(CN)cc2)n1. The topological polar surface area (TPSA) is 85.8 Å². The van der Waals surface area contributed by atoms with Crippen molar-refractivity contribution in [3.8, 4) is 21.8 Å². The van der Waals surface area contributed by atoms with Crippen molar-refractivity contribution in [2.45, 2.75) is 31.8 Å². The highest BCUT2D eigenvalue weighted by atomic mass is 32.1. The van der Waals surface area contributed by atoms with Crippen LogP contribution in [-0.4, -0.2) is 20.7 Å². The van der Waals surface area contributed by atoms with E-state index in [4.69, 9.17) is 5.73 Å². The van der Waals surface area contributed by atoms with Gasteiger partial charge in [-0.3, -0.25) is 9.48 Å². The van der Waals surface area contributed by atoms with Gasteiger partial charge >= 0.3 is 0 Å². The quantitative estimate of drug-likeness (QED) is 0.441. The van der Waals surface area contributed by atoms with Crippen molar-refractivity contribution in [3.05, 3.63) is 82.5 Å². The molecule has 0 unspecified atom stereocenters. The molecule has 0 aliphatic heterocycles. The first-order valence-electron chi connectivity index (χ1n) is 10.8. The minimum atomic E-state index is -0.114. The van der Waals surface area contributed by atoms with Crippen LogP contribution in [-0.2, 0) is 20.1 Å². The Bertz CT molecular complexity index is 1250. The number of thiazole rings is 1. The highest BCUT2D eigenvalue weighted by molar-refractivity contribution is 7.13. The lowest BCUT2D eigenvalue weighted by Crippen LogP contribution is -2.23. The Kier molecular flexibility index (Phi) is 5.59. The van der Waals surface area contributed by atoms with Crippen LogP contribution < -0.4 is 11.1 Å². The van der Waals surface area contributed by atoms with Crippen LogP contribution in [0.25, 0.3) is 21.8 Å². The van der Waals surface area contributed by atoms with Crippen LogP contribution >= 0.6 is 11.3 Å². The van der Waals surface area contributed by atoms with Crippen molar-refractivity contribution in [3.63, 3.8) is 0 Å². The molecule has 4 aromatic rings. The zero-order chi connectivity index (χ0) is 22.1. The number of rotatable bonds is 7. The molecule has 1 aliphatic carbocycles. The molecule has 5 rings (SSSR count). The average Bonchev–Trinajstić information content (AvgIpc) is 3.45. The van der Waals surface area contributed by atoms with Crippen LogP contribution in [0.4, 0.5) is 0 Å². The first-order valence-corrected chi connectivity index (χ1v) is 11.7. The summed E-state index contributed by atoms with van der Waals surface area (Å²) in [6.07, 6.45) is 2.40. The Morgan fingerprint density at radius 1 is 1.19 bits per heavy atom. The minimum absolute atomic E-state index is 0.114. The van der Waals surface area contributed by atoms with Gasteiger partial charge in [-0.25, -0.2) is 4.98 Å². The second-order valence-corrected chi connectivity index (χ2v) is 8.98. The minimum Gasteiger partial charge on any atom is -0.346 e. The fourth-order valence-electron chi connectivity index (χ4n) is 3.79. The molecule has 1 aliphatic rings. The Morgan fingerprint density at radius 3 is 2.72 bits per heavy atom. The van der Waals surface area contributed by atoms with Gasteiger partial charge in [0.15, 0.2) is 0 Å². The number of hydrogen-bond acceptors (Lipinski definition) is 5. The first-order chi connectivity index (χ1) is 15.6. The maximum atomic E-state index is 13.0. The van der Waals surface area contributed by atoms with Gasteiger partial charge in [0.25, 0.3) is 5.91 Å². The molecule has 0 radical (unpaired) electrons. The van der Waals surface area contributed by atoms with E-state index < -0.39 is 0 Å². The van der Waals surface area contributed by atoms with E-state index in [-0.39, 0.29) is 5.91 Å². The number of carbonyl (C=O) groups is 1. The number of aromatic nitrogens is 3. The zero-order valence-electron chi connectivity index (χ0n) is 17.9. The molecule has 1 fully saturated rings. The summed E-state index contributed by atoms with van der Waals surface area (Å²) in [6, 6.07) is 17.9. The van der Waals surface area contributed by atoms with Crippen molar-refractivity contribution in [2.24, 2.45) is 12.8 Å². The van der Waals surface area contributed by atoms with Crippen molar-refractivity contribution in [2.75, 3.05) is 0 Å². The molecule has 1 amide bonds. The van der Waals surface area contributed by atoms with Gasteiger partial charge in [0.2, 0.25) is 0 Å². The van der Waals surface area contributed by atoms with Crippen LogP contribution in [0.1, 0.15) is 46.1 Å². The van der Waals surface area contributed by atoms with Gasteiger partial charge in [-0.05, 0) is 30.5 Å². The molecule has 7 heteroatoms. The Balaban J connectivity index is 1.31. The smallest absolute Gasteiger partial charge is 0.252 e. The molecule has 2 aromatic heterocycles. The van der Waals surface area contributed by atoms with E-state index in [1.165, 1.54) is 12.8 Å². The van der Waals surface area contributed by atoms with Gasteiger partial charge in [0.1, 0.15) is 5.01 Å². The molecular formula is C25H25N5OS. The molecule has 0 atom stereocenters. The number of nitrogens with one attached hydrogen (secondary N) is 1. The fourth-order valence-corrected chi connectivity index (χ4v) is 4.62. The van der Waals surface area contributed by atoms with Crippen molar-refractivity contribution in [1.29, 1.82) is 0 Å². The monoisotopic (exact) mass is 443 g/mol. The van der Waals surface area contributed by atoms with E-state index in [0.717, 1.165) is 38.8 Å². The third kappa shape index (κ3) is 4.22. The molecular weight excluding hydrogens is 418 g/mol. The highest BCUT2D eigenvalue weighted by Crippen LogP contribution is 2.40. The number of nitrogens with two attached hydrogens (primary N) is 1. The van der Waals surface area contributed by atoms with Crippen LogP contribution in [0.2, 0.25) is 0 Å². The lowest BCUT2D eigenvalue weighted by molar-refractivity contribution is 0.0951. The van der Waals surface area contributed by atoms with Gasteiger partial charge in [0, 0.05) is 41.6 Å². The lowest BCUT2D eigenvalue weighted by atomic mass is 10.0. The van der Waals surface area contributed by atoms with Crippen LogP contribution in [0.5, 0.6) is 0 Å². The molecule has 6 nitrogen and oxygen atoms in total. The third-order valence-electron chi connectivity index (χ3n) is 5.76. The van der Waals surface area contributed by atoms with Crippen molar-refractivity contribution in [1.82, 2.24) is 20.1 Å². The molecule has 2 aromatic carbocycles. The third-order valence-corrected chi connectivity index (χ3v) is 6.70. The molecule has 0 saturated heterocycles. The number of carbonyl (C=O) groups excluding carboxylic acids is 1. The summed E-state index contributed by atoms with van der Waals surface area (Å²) in [5.74, 6) is 0.456. The molecule has 0 spiro atoms. The second kappa shape index (κ2) is 8.68. The summed E-state index contributed by atoms with van der Waals surface area (Å²) < 4.78 is 1.88. The van der Waals surface area contributed by atoms with Crippen LogP contribution in [0.15, 0.2) is 60.0 Å². The molecule has 3 N–H and O–H groups in total. The van der Waals surface area contributed by atoms with E-state index >= 15 is 0 Å². The van der Waals surface area contributed by atoms with E-state index in [1.54, 1.807) is 11.3 Å². The number of benzene rings is 2. The predicted octanol–water partition coefficient (Wildman–Crippen LogP) is 4.48. The number of nitrogens with zero attached hydrogens (tertiary/aromatic N) is 3. The number of hydrogen-bond donors (Lipinski definition) is 2. The lowest BCUT2D eigenvalue weighted by Gasteiger charge is -2.10. The summed E-state index contributed by atoms with van der Waals surface area (Å²) in [4.78, 5) is 17.7. The molecule has 162 valence electrons. The molecule has 1 saturated carbocycles. The van der Waals surface area contributed by atoms with Crippen LogP contribution in [0, 0.1) is 0 Å². The Labute approximate surface area is 191 Å². The van der Waals surface area contributed by atoms with Crippen molar-refractivity contribution < 1.29 is 4.79 Å². The van der Waals surface area contributed by atoms with Gasteiger partial charge in [-0.2, -0.15) is 5.10 Å². The summed E-state index contributed by atoms with van der Waals surface area (Å²) in [5, 5.41) is 10.6. The summed E-state index contributed by atoms with van der Waals surface area (Å²) in [6.45, 7) is 0.904. The van der Waals surface area contributed by atoms with Gasteiger partial charge in [-0.15, -0.1) is 11.3 Å².